The van der Waals surface area contributed by atoms with E-state index in [4.69, 9.17) is 10.2 Å². The molecule has 0 bridgehead atoms. The Morgan fingerprint density at radius 1 is 1.28 bits per heavy atom. The second-order valence-electron chi connectivity index (χ2n) is 5.18. The minimum absolute atomic E-state index is 0.0408. The number of carboxylic acid groups (broad SMARTS) is 1. The molecule has 2 unspecified atom stereocenters. The topological polar surface area (TPSA) is 77.8 Å². The number of aliphatic carboxylic acids is 1. The van der Waals surface area contributed by atoms with E-state index in [0.717, 1.165) is 6.42 Å². The van der Waals surface area contributed by atoms with Crippen molar-refractivity contribution in [3.8, 4) is 0 Å². The molecule has 1 saturated carbocycles. The zero-order valence-electron chi connectivity index (χ0n) is 11.1. The first-order valence-electron chi connectivity index (χ1n) is 6.63. The molecule has 5 nitrogen and oxygen atoms in total. The van der Waals surface area contributed by atoms with E-state index < -0.39 is 11.9 Å². The highest BCUT2D eigenvalue weighted by atomic mass is 16.4. The average molecular weight is 257 g/mol. The number of rotatable bonds is 6. The quantitative estimate of drug-likeness (QED) is 0.747. The number of carbonyl (C=O) groups excluding carboxylic acids is 1. The zero-order valence-corrected chi connectivity index (χ0v) is 11.1. The molecule has 2 atom stereocenters. The molecule has 0 heterocycles. The van der Waals surface area contributed by atoms with E-state index >= 15 is 0 Å². The highest BCUT2D eigenvalue weighted by Crippen LogP contribution is 2.33. The van der Waals surface area contributed by atoms with Gasteiger partial charge in [0, 0.05) is 19.2 Å². The van der Waals surface area contributed by atoms with Gasteiger partial charge in [0.25, 0.3) is 0 Å². The molecule has 1 aliphatic carbocycles. The Morgan fingerprint density at radius 2 is 1.89 bits per heavy atom. The van der Waals surface area contributed by atoms with Gasteiger partial charge in [0.15, 0.2) is 0 Å². The van der Waals surface area contributed by atoms with Crippen molar-refractivity contribution in [3.63, 3.8) is 0 Å². The summed E-state index contributed by atoms with van der Waals surface area (Å²) in [6.07, 6.45) is 2.60. The average Bonchev–Trinajstić information content (AvgIpc) is 2.77. The van der Waals surface area contributed by atoms with Gasteiger partial charge in [0.05, 0.1) is 11.8 Å². The lowest BCUT2D eigenvalue weighted by atomic mass is 9.94. The third-order valence-electron chi connectivity index (χ3n) is 3.61. The molecule has 2 N–H and O–H groups in total. The summed E-state index contributed by atoms with van der Waals surface area (Å²) in [5.41, 5.74) is 0. The molecule has 0 aromatic carbocycles. The minimum atomic E-state index is -0.864. The maximum absolute atomic E-state index is 12.4. The second-order valence-corrected chi connectivity index (χ2v) is 5.18. The molecule has 0 aromatic rings. The van der Waals surface area contributed by atoms with Crippen LogP contribution in [0.15, 0.2) is 0 Å². The Labute approximate surface area is 108 Å². The van der Waals surface area contributed by atoms with Crippen molar-refractivity contribution in [2.24, 2.45) is 11.8 Å². The summed E-state index contributed by atoms with van der Waals surface area (Å²) in [7, 11) is 0. The van der Waals surface area contributed by atoms with Crippen LogP contribution in [0.5, 0.6) is 0 Å². The lowest BCUT2D eigenvalue weighted by Crippen LogP contribution is -2.43. The summed E-state index contributed by atoms with van der Waals surface area (Å²) in [6.45, 7) is 4.37. The van der Waals surface area contributed by atoms with Crippen molar-refractivity contribution in [3.05, 3.63) is 0 Å². The molecule has 0 aromatic heterocycles. The van der Waals surface area contributed by atoms with Gasteiger partial charge in [-0.3, -0.25) is 9.59 Å². The van der Waals surface area contributed by atoms with E-state index in [2.05, 4.69) is 0 Å². The fourth-order valence-corrected chi connectivity index (χ4v) is 2.63. The standard InChI is InChI=1S/C13H23NO4/c1-9(2)14(7-4-8-15)12(16)10-5-3-6-11(10)13(17)18/h9-11,15H,3-8H2,1-2H3,(H,17,18). The highest BCUT2D eigenvalue weighted by Gasteiger charge is 2.40. The van der Waals surface area contributed by atoms with E-state index in [1.165, 1.54) is 0 Å². The molecule has 1 fully saturated rings. The van der Waals surface area contributed by atoms with Gasteiger partial charge in [0.1, 0.15) is 0 Å². The summed E-state index contributed by atoms with van der Waals surface area (Å²) < 4.78 is 0. The maximum Gasteiger partial charge on any atom is 0.307 e. The van der Waals surface area contributed by atoms with E-state index in [1.807, 2.05) is 13.8 Å². The molecular formula is C13H23NO4. The highest BCUT2D eigenvalue weighted by molar-refractivity contribution is 5.85. The fourth-order valence-electron chi connectivity index (χ4n) is 2.63. The van der Waals surface area contributed by atoms with Crippen LogP contribution in [0.3, 0.4) is 0 Å². The molecule has 1 rings (SSSR count). The Kier molecular flexibility index (Phi) is 5.59. The van der Waals surface area contributed by atoms with Crippen LogP contribution in [0.2, 0.25) is 0 Å². The van der Waals surface area contributed by atoms with Gasteiger partial charge in [-0.15, -0.1) is 0 Å². The van der Waals surface area contributed by atoms with E-state index in [9.17, 15) is 9.59 Å². The second kappa shape index (κ2) is 6.73. The summed E-state index contributed by atoms with van der Waals surface area (Å²) in [6, 6.07) is 0.0408. The van der Waals surface area contributed by atoms with Gasteiger partial charge in [-0.05, 0) is 33.1 Å². The molecule has 0 radical (unpaired) electrons. The van der Waals surface area contributed by atoms with Crippen molar-refractivity contribution in [2.75, 3.05) is 13.2 Å². The number of amides is 1. The molecule has 5 heteroatoms. The Hall–Kier alpha value is -1.10. The fraction of sp³-hybridized carbons (Fsp3) is 0.846. The van der Waals surface area contributed by atoms with Crippen molar-refractivity contribution in [1.82, 2.24) is 4.90 Å². The summed E-state index contributed by atoms with van der Waals surface area (Å²) in [5.74, 6) is -1.85. The first kappa shape index (κ1) is 15.0. The third-order valence-corrected chi connectivity index (χ3v) is 3.61. The third kappa shape index (κ3) is 3.45. The lowest BCUT2D eigenvalue weighted by Gasteiger charge is -2.30. The first-order chi connectivity index (χ1) is 8.49. The Balaban J connectivity index is 2.72. The summed E-state index contributed by atoms with van der Waals surface area (Å²) in [5, 5.41) is 18.0. The van der Waals surface area contributed by atoms with Crippen LogP contribution >= 0.6 is 0 Å². The van der Waals surface area contributed by atoms with E-state index in [1.54, 1.807) is 4.90 Å². The SMILES string of the molecule is CC(C)N(CCCO)C(=O)C1CCCC1C(=O)O. The van der Waals surface area contributed by atoms with Crippen LogP contribution in [0.4, 0.5) is 0 Å². The van der Waals surface area contributed by atoms with Crippen molar-refractivity contribution >= 4 is 11.9 Å². The maximum atomic E-state index is 12.4. The number of aliphatic hydroxyl groups is 1. The largest absolute Gasteiger partial charge is 0.481 e. The summed E-state index contributed by atoms with van der Waals surface area (Å²) >= 11 is 0. The van der Waals surface area contributed by atoms with Crippen LogP contribution in [0, 0.1) is 11.8 Å². The van der Waals surface area contributed by atoms with Gasteiger partial charge >= 0.3 is 5.97 Å². The zero-order chi connectivity index (χ0) is 13.7. The van der Waals surface area contributed by atoms with Crippen LogP contribution < -0.4 is 0 Å². The van der Waals surface area contributed by atoms with Gasteiger partial charge in [-0.2, -0.15) is 0 Å². The number of hydrogen-bond acceptors (Lipinski definition) is 3. The number of hydrogen-bond donors (Lipinski definition) is 2. The molecule has 1 aliphatic rings. The molecule has 104 valence electrons. The van der Waals surface area contributed by atoms with Gasteiger partial charge < -0.3 is 15.1 Å². The van der Waals surface area contributed by atoms with Crippen molar-refractivity contribution in [2.45, 2.75) is 45.6 Å². The Bertz CT molecular complexity index is 303. The van der Waals surface area contributed by atoms with Crippen LogP contribution in [0.25, 0.3) is 0 Å². The van der Waals surface area contributed by atoms with Gasteiger partial charge in [-0.1, -0.05) is 6.42 Å². The number of aliphatic hydroxyl groups excluding tert-OH is 1. The van der Waals surface area contributed by atoms with E-state index in [-0.39, 0.29) is 24.5 Å². The number of nitrogens with zero attached hydrogens (tertiary/aromatic N) is 1. The molecule has 0 spiro atoms. The molecule has 0 aliphatic heterocycles. The van der Waals surface area contributed by atoms with Gasteiger partial charge in [0.2, 0.25) is 5.91 Å². The van der Waals surface area contributed by atoms with Gasteiger partial charge in [-0.25, -0.2) is 0 Å². The molecule has 18 heavy (non-hydrogen) atoms. The lowest BCUT2D eigenvalue weighted by molar-refractivity contribution is -0.149. The van der Waals surface area contributed by atoms with Crippen molar-refractivity contribution in [1.29, 1.82) is 0 Å². The molecular weight excluding hydrogens is 234 g/mol. The number of carbonyl (C=O) groups is 2. The minimum Gasteiger partial charge on any atom is -0.481 e. The van der Waals surface area contributed by atoms with E-state index in [0.29, 0.717) is 25.8 Å². The van der Waals surface area contributed by atoms with Crippen LogP contribution in [0.1, 0.15) is 39.5 Å². The van der Waals surface area contributed by atoms with Crippen LogP contribution in [-0.2, 0) is 9.59 Å². The van der Waals surface area contributed by atoms with Crippen molar-refractivity contribution < 1.29 is 19.8 Å². The predicted octanol–water partition coefficient (Wildman–Crippen LogP) is 1.11. The smallest absolute Gasteiger partial charge is 0.307 e. The molecule has 1 amide bonds. The first-order valence-corrected chi connectivity index (χ1v) is 6.63. The molecule has 0 saturated heterocycles. The normalized spacial score (nSPS) is 23.3. The predicted molar refractivity (Wildman–Crippen MR) is 67.0 cm³/mol. The number of carboxylic acids is 1. The van der Waals surface area contributed by atoms with Crippen LogP contribution in [-0.4, -0.2) is 46.2 Å². The Morgan fingerprint density at radius 3 is 2.39 bits per heavy atom. The monoisotopic (exact) mass is 257 g/mol. The summed E-state index contributed by atoms with van der Waals surface area (Å²) in [4.78, 5) is 25.2.